The summed E-state index contributed by atoms with van der Waals surface area (Å²) in [6.45, 7) is 0.776. The lowest BCUT2D eigenvalue weighted by Crippen LogP contribution is -2.28. The Labute approximate surface area is 152 Å². The Bertz CT molecular complexity index is 972. The van der Waals surface area contributed by atoms with Gasteiger partial charge in [-0.2, -0.15) is 0 Å². The number of aromatic nitrogens is 3. The summed E-state index contributed by atoms with van der Waals surface area (Å²) in [5.74, 6) is 0.911. The smallest absolute Gasteiger partial charge is 0.264 e. The van der Waals surface area contributed by atoms with E-state index >= 15 is 0 Å². The number of nitrogens with zero attached hydrogens (tertiary/aromatic N) is 3. The summed E-state index contributed by atoms with van der Waals surface area (Å²) in [6.07, 6.45) is 3.03. The highest BCUT2D eigenvalue weighted by Gasteiger charge is 2.22. The summed E-state index contributed by atoms with van der Waals surface area (Å²) in [5.41, 5.74) is 2.92. The van der Waals surface area contributed by atoms with Crippen molar-refractivity contribution in [1.29, 1.82) is 0 Å². The van der Waals surface area contributed by atoms with Gasteiger partial charge >= 0.3 is 0 Å². The van der Waals surface area contributed by atoms with Gasteiger partial charge in [-0.3, -0.25) is 9.36 Å². The number of halogens is 2. The second-order valence-electron chi connectivity index (χ2n) is 5.87. The van der Waals surface area contributed by atoms with Crippen molar-refractivity contribution in [1.82, 2.24) is 14.1 Å². The molecule has 3 aromatic rings. The zero-order chi connectivity index (χ0) is 16.1. The van der Waals surface area contributed by atoms with Crippen LogP contribution in [0.3, 0.4) is 0 Å². The van der Waals surface area contributed by atoms with Crippen LogP contribution in [0, 0.1) is 3.57 Å². The molecule has 1 aliphatic heterocycles. The van der Waals surface area contributed by atoms with Gasteiger partial charge in [0, 0.05) is 25.0 Å². The van der Waals surface area contributed by atoms with E-state index in [1.165, 1.54) is 0 Å². The van der Waals surface area contributed by atoms with E-state index in [2.05, 4.69) is 22.6 Å². The van der Waals surface area contributed by atoms with Crippen molar-refractivity contribution in [2.75, 3.05) is 0 Å². The minimum atomic E-state index is 0.0879. The van der Waals surface area contributed by atoms with E-state index in [9.17, 15) is 4.79 Å². The van der Waals surface area contributed by atoms with Gasteiger partial charge in [0.15, 0.2) is 0 Å². The average Bonchev–Trinajstić information content (AvgIpc) is 2.80. The van der Waals surface area contributed by atoms with Crippen LogP contribution in [0.5, 0.6) is 0 Å². The molecule has 1 aromatic carbocycles. The Morgan fingerprint density at radius 2 is 1.96 bits per heavy atom. The number of benzene rings is 1. The molecular weight excluding hydrogens is 425 g/mol. The van der Waals surface area contributed by atoms with Crippen molar-refractivity contribution in [3.63, 3.8) is 0 Å². The van der Waals surface area contributed by atoms with Crippen molar-refractivity contribution in [3.8, 4) is 11.3 Å². The van der Waals surface area contributed by atoms with Gasteiger partial charge in [-0.15, -0.1) is 0 Å². The lowest BCUT2D eigenvalue weighted by molar-refractivity contribution is 0.500. The van der Waals surface area contributed by atoms with Crippen LogP contribution in [0.15, 0.2) is 29.1 Å². The molecule has 4 rings (SSSR count). The molecule has 1 aliphatic rings. The van der Waals surface area contributed by atoms with Crippen molar-refractivity contribution in [3.05, 3.63) is 49.0 Å². The maximum absolute atomic E-state index is 12.9. The van der Waals surface area contributed by atoms with Crippen molar-refractivity contribution < 1.29 is 0 Å². The van der Waals surface area contributed by atoms with Crippen LogP contribution in [-0.2, 0) is 20.0 Å². The molecule has 0 bridgehead atoms. The molecule has 0 fully saturated rings. The lowest BCUT2D eigenvalue weighted by Gasteiger charge is -2.17. The highest BCUT2D eigenvalue weighted by Crippen LogP contribution is 2.32. The molecule has 4 nitrogen and oxygen atoms in total. The Kier molecular flexibility index (Phi) is 3.72. The van der Waals surface area contributed by atoms with E-state index in [0.717, 1.165) is 57.5 Å². The molecule has 2 aromatic heterocycles. The molecule has 0 saturated carbocycles. The molecule has 23 heavy (non-hydrogen) atoms. The molecule has 3 heterocycles. The zero-order valence-electron chi connectivity index (χ0n) is 12.6. The van der Waals surface area contributed by atoms with Gasteiger partial charge in [0.1, 0.15) is 11.5 Å². The average molecular weight is 440 g/mol. The van der Waals surface area contributed by atoms with Gasteiger partial charge in [0.05, 0.1) is 14.7 Å². The van der Waals surface area contributed by atoms with Crippen LogP contribution in [-0.4, -0.2) is 14.1 Å². The van der Waals surface area contributed by atoms with Gasteiger partial charge in [0.2, 0.25) is 0 Å². The Hall–Kier alpha value is -1.34. The quantitative estimate of drug-likeness (QED) is 0.538. The van der Waals surface area contributed by atoms with E-state index in [0.29, 0.717) is 5.02 Å². The van der Waals surface area contributed by atoms with Crippen LogP contribution in [0.1, 0.15) is 18.7 Å². The van der Waals surface area contributed by atoms with Crippen molar-refractivity contribution >= 4 is 45.2 Å². The van der Waals surface area contributed by atoms with Gasteiger partial charge in [-0.05, 0) is 53.1 Å². The Balaban J connectivity index is 2.06. The minimum Gasteiger partial charge on any atom is -0.327 e. The summed E-state index contributed by atoms with van der Waals surface area (Å²) in [5, 5.41) is 1.43. The first-order valence-electron chi connectivity index (χ1n) is 7.61. The highest BCUT2D eigenvalue weighted by atomic mass is 127. The summed E-state index contributed by atoms with van der Waals surface area (Å²) in [6, 6.07) is 7.71. The molecule has 0 amide bonds. The predicted octanol–water partition coefficient (Wildman–Crippen LogP) is 4.00. The fourth-order valence-corrected chi connectivity index (χ4v) is 4.57. The van der Waals surface area contributed by atoms with Crippen molar-refractivity contribution in [2.24, 2.45) is 7.05 Å². The predicted molar refractivity (Wildman–Crippen MR) is 101 cm³/mol. The van der Waals surface area contributed by atoms with Crippen LogP contribution < -0.4 is 5.56 Å². The SMILES string of the molecule is Cn1c(-c2ccc(Cl)cc2)c(I)c2c(=O)n3c(nc21)CCCC3. The van der Waals surface area contributed by atoms with Crippen LogP contribution >= 0.6 is 34.2 Å². The summed E-state index contributed by atoms with van der Waals surface area (Å²) in [4.78, 5) is 17.7. The Morgan fingerprint density at radius 1 is 1.22 bits per heavy atom. The molecule has 0 saturated heterocycles. The van der Waals surface area contributed by atoms with Gasteiger partial charge in [0.25, 0.3) is 5.56 Å². The standard InChI is InChI=1S/C17H15ClIN3O/c1-21-15(10-5-7-11(18)8-6-10)14(19)13-16(21)20-12-4-2-3-9-22(12)17(13)23/h5-8H,2-4,9H2,1H3. The molecular formula is C17H15ClIN3O. The van der Waals surface area contributed by atoms with Gasteiger partial charge in [-0.1, -0.05) is 23.7 Å². The molecule has 0 radical (unpaired) electrons. The third kappa shape index (κ3) is 2.32. The molecule has 0 unspecified atom stereocenters. The first-order valence-corrected chi connectivity index (χ1v) is 9.07. The van der Waals surface area contributed by atoms with Gasteiger partial charge < -0.3 is 4.57 Å². The summed E-state index contributed by atoms with van der Waals surface area (Å²) >= 11 is 8.26. The van der Waals surface area contributed by atoms with E-state index in [-0.39, 0.29) is 5.56 Å². The lowest BCUT2D eigenvalue weighted by atomic mass is 10.1. The van der Waals surface area contributed by atoms with E-state index < -0.39 is 0 Å². The topological polar surface area (TPSA) is 39.8 Å². The normalized spacial score (nSPS) is 14.2. The fraction of sp³-hybridized carbons (Fsp3) is 0.294. The van der Waals surface area contributed by atoms with E-state index in [4.69, 9.17) is 16.6 Å². The molecule has 0 N–H and O–H groups in total. The van der Waals surface area contributed by atoms with Crippen LogP contribution in [0.25, 0.3) is 22.3 Å². The van der Waals surface area contributed by atoms with E-state index in [1.807, 2.05) is 40.4 Å². The minimum absolute atomic E-state index is 0.0879. The number of rotatable bonds is 1. The fourth-order valence-electron chi connectivity index (χ4n) is 3.30. The first kappa shape index (κ1) is 15.2. The van der Waals surface area contributed by atoms with E-state index in [1.54, 1.807) is 0 Å². The van der Waals surface area contributed by atoms with Crippen LogP contribution in [0.2, 0.25) is 5.02 Å². The molecule has 118 valence electrons. The number of aryl methyl sites for hydroxylation is 2. The third-order valence-electron chi connectivity index (χ3n) is 4.46. The number of hydrogen-bond acceptors (Lipinski definition) is 2. The number of fused-ring (bicyclic) bond motifs is 2. The summed E-state index contributed by atoms with van der Waals surface area (Å²) in [7, 11) is 1.97. The molecule has 0 spiro atoms. The Morgan fingerprint density at radius 3 is 2.70 bits per heavy atom. The molecule has 0 atom stereocenters. The summed E-state index contributed by atoms with van der Waals surface area (Å²) < 4.78 is 4.83. The first-order chi connectivity index (χ1) is 11.1. The van der Waals surface area contributed by atoms with Crippen LogP contribution in [0.4, 0.5) is 0 Å². The third-order valence-corrected chi connectivity index (χ3v) is 5.76. The number of hydrogen-bond donors (Lipinski definition) is 0. The molecule has 6 heteroatoms. The largest absolute Gasteiger partial charge is 0.327 e. The monoisotopic (exact) mass is 439 g/mol. The molecule has 0 aliphatic carbocycles. The second-order valence-corrected chi connectivity index (χ2v) is 7.38. The maximum atomic E-state index is 12.9. The van der Waals surface area contributed by atoms with Gasteiger partial charge in [-0.25, -0.2) is 4.98 Å². The zero-order valence-corrected chi connectivity index (χ0v) is 15.6. The highest BCUT2D eigenvalue weighted by molar-refractivity contribution is 14.1. The maximum Gasteiger partial charge on any atom is 0.264 e. The second kappa shape index (κ2) is 5.63. The van der Waals surface area contributed by atoms with Crippen molar-refractivity contribution in [2.45, 2.75) is 25.8 Å².